The number of nitrogens with zero attached hydrogens (tertiary/aromatic N) is 2. The van der Waals surface area contributed by atoms with Crippen LogP contribution in [0.1, 0.15) is 10.4 Å². The molecule has 2 aromatic carbocycles. The number of nitrogens with one attached hydrogen (secondary N) is 1. The van der Waals surface area contributed by atoms with Gasteiger partial charge in [0, 0.05) is 13.1 Å². The van der Waals surface area contributed by atoms with Crippen molar-refractivity contribution in [2.75, 3.05) is 45.3 Å². The monoisotopic (exact) mass is 525 g/mol. The molecule has 4 rings (SSSR count). The molecule has 10 nitrogen and oxygen atoms in total. The third-order valence-electron chi connectivity index (χ3n) is 4.93. The lowest BCUT2D eigenvalue weighted by Crippen LogP contribution is -2.40. The third-order valence-corrected chi connectivity index (χ3v) is 8.24. The summed E-state index contributed by atoms with van der Waals surface area (Å²) >= 11 is 7.36. The number of morpholine rings is 1. The van der Waals surface area contributed by atoms with Gasteiger partial charge >= 0.3 is 5.97 Å². The van der Waals surface area contributed by atoms with E-state index in [1.807, 2.05) is 0 Å². The average Bonchev–Trinajstić information content (AvgIpc) is 3.24. The van der Waals surface area contributed by atoms with Crippen molar-refractivity contribution in [2.24, 2.45) is 0 Å². The summed E-state index contributed by atoms with van der Waals surface area (Å²) in [6, 6.07) is 9.11. The van der Waals surface area contributed by atoms with E-state index in [0.717, 1.165) is 10.8 Å². The van der Waals surface area contributed by atoms with Crippen molar-refractivity contribution in [2.45, 2.75) is 4.90 Å². The summed E-state index contributed by atoms with van der Waals surface area (Å²) in [5.41, 5.74) is 0.643. The van der Waals surface area contributed by atoms with Gasteiger partial charge in [-0.3, -0.25) is 10.1 Å². The number of halogens is 1. The van der Waals surface area contributed by atoms with Crippen molar-refractivity contribution in [3.63, 3.8) is 0 Å². The number of anilines is 1. The second kappa shape index (κ2) is 10.2. The normalized spacial score (nSPS) is 14.6. The number of rotatable bonds is 7. The van der Waals surface area contributed by atoms with Crippen LogP contribution in [0.4, 0.5) is 5.13 Å². The molecule has 1 N–H and O–H groups in total. The van der Waals surface area contributed by atoms with Crippen LogP contribution in [0.25, 0.3) is 10.2 Å². The van der Waals surface area contributed by atoms with Crippen LogP contribution < -0.4 is 10.1 Å². The lowest BCUT2D eigenvalue weighted by Gasteiger charge is -2.26. The Labute approximate surface area is 204 Å². The number of hydrogen-bond donors (Lipinski definition) is 1. The minimum absolute atomic E-state index is 0.0201. The summed E-state index contributed by atoms with van der Waals surface area (Å²) in [5, 5.41) is 2.90. The van der Waals surface area contributed by atoms with Crippen LogP contribution in [0.5, 0.6) is 5.75 Å². The summed E-state index contributed by atoms with van der Waals surface area (Å²) in [4.78, 5) is 28.8. The number of fused-ring (bicyclic) bond motifs is 1. The highest BCUT2D eigenvalue weighted by Crippen LogP contribution is 2.29. The first-order valence-corrected chi connectivity index (χ1v) is 12.7. The Morgan fingerprint density at radius 2 is 1.97 bits per heavy atom. The second-order valence-corrected chi connectivity index (χ2v) is 10.5. The molecular weight excluding hydrogens is 506 g/mol. The van der Waals surface area contributed by atoms with E-state index in [4.69, 9.17) is 25.8 Å². The van der Waals surface area contributed by atoms with Crippen LogP contribution >= 0.6 is 22.9 Å². The van der Waals surface area contributed by atoms with Gasteiger partial charge in [-0.25, -0.2) is 18.2 Å². The van der Waals surface area contributed by atoms with E-state index in [-0.39, 0.29) is 41.8 Å². The molecule has 3 aromatic rings. The summed E-state index contributed by atoms with van der Waals surface area (Å²) < 4.78 is 43.3. The van der Waals surface area contributed by atoms with Crippen molar-refractivity contribution in [3.8, 4) is 5.75 Å². The summed E-state index contributed by atoms with van der Waals surface area (Å²) in [5.74, 6) is -0.783. The lowest BCUT2D eigenvalue weighted by molar-refractivity contribution is -0.119. The highest BCUT2D eigenvalue weighted by atomic mass is 35.5. The SMILES string of the molecule is COc1ccc2nc(NC(=O)COC(=O)c3ccc(Cl)c(S(=O)(=O)N4CCOCC4)c3)sc2c1. The minimum Gasteiger partial charge on any atom is -0.497 e. The van der Waals surface area contributed by atoms with Gasteiger partial charge in [0.25, 0.3) is 5.91 Å². The van der Waals surface area contributed by atoms with E-state index < -0.39 is 28.5 Å². The maximum absolute atomic E-state index is 12.9. The van der Waals surface area contributed by atoms with Crippen LogP contribution in [0.15, 0.2) is 41.3 Å². The molecule has 34 heavy (non-hydrogen) atoms. The minimum atomic E-state index is -3.92. The molecule has 0 spiro atoms. The van der Waals surface area contributed by atoms with Gasteiger partial charge in [-0.1, -0.05) is 22.9 Å². The van der Waals surface area contributed by atoms with Crippen molar-refractivity contribution in [3.05, 3.63) is 47.0 Å². The zero-order valence-electron chi connectivity index (χ0n) is 17.9. The summed E-state index contributed by atoms with van der Waals surface area (Å²) in [6.45, 7) is 0.343. The van der Waals surface area contributed by atoms with Crippen LogP contribution in [-0.4, -0.2) is 69.6 Å². The first kappa shape index (κ1) is 24.4. The number of methoxy groups -OCH3 is 1. The highest BCUT2D eigenvalue weighted by molar-refractivity contribution is 7.89. The second-order valence-electron chi connectivity index (χ2n) is 7.14. The number of esters is 1. The number of aromatic nitrogens is 1. The Bertz CT molecular complexity index is 1340. The Hall–Kier alpha value is -2.77. The molecule has 0 bridgehead atoms. The highest BCUT2D eigenvalue weighted by Gasteiger charge is 2.29. The maximum atomic E-state index is 12.9. The fourth-order valence-electron chi connectivity index (χ4n) is 3.21. The molecule has 0 unspecified atom stereocenters. The molecule has 13 heteroatoms. The van der Waals surface area contributed by atoms with Crippen LogP contribution in [0.2, 0.25) is 5.02 Å². The van der Waals surface area contributed by atoms with Crippen LogP contribution in [0.3, 0.4) is 0 Å². The van der Waals surface area contributed by atoms with Crippen molar-refractivity contribution < 1.29 is 32.2 Å². The first-order valence-electron chi connectivity index (χ1n) is 10.1. The van der Waals surface area contributed by atoms with Crippen molar-refractivity contribution in [1.29, 1.82) is 0 Å². The van der Waals surface area contributed by atoms with E-state index in [1.165, 1.54) is 27.8 Å². The third kappa shape index (κ3) is 5.31. The number of carbonyl (C=O) groups is 2. The number of ether oxygens (including phenoxy) is 3. The maximum Gasteiger partial charge on any atom is 0.338 e. The Morgan fingerprint density at radius 1 is 1.21 bits per heavy atom. The fourth-order valence-corrected chi connectivity index (χ4v) is 6.03. The molecular formula is C21H20ClN3O7S2. The lowest BCUT2D eigenvalue weighted by atomic mass is 10.2. The molecule has 1 saturated heterocycles. The molecule has 1 amide bonds. The molecule has 0 saturated carbocycles. The van der Waals surface area contributed by atoms with Gasteiger partial charge < -0.3 is 14.2 Å². The molecule has 2 heterocycles. The zero-order valence-corrected chi connectivity index (χ0v) is 20.3. The van der Waals surface area contributed by atoms with Gasteiger partial charge in [-0.15, -0.1) is 0 Å². The molecule has 1 aliphatic heterocycles. The number of carbonyl (C=O) groups excluding carboxylic acids is 2. The largest absolute Gasteiger partial charge is 0.497 e. The van der Waals surface area contributed by atoms with Gasteiger partial charge in [0.2, 0.25) is 10.0 Å². The smallest absolute Gasteiger partial charge is 0.338 e. The molecule has 0 atom stereocenters. The van der Waals surface area contributed by atoms with Crippen molar-refractivity contribution in [1.82, 2.24) is 9.29 Å². The zero-order chi connectivity index (χ0) is 24.3. The Morgan fingerprint density at radius 3 is 2.71 bits per heavy atom. The predicted octanol–water partition coefficient (Wildman–Crippen LogP) is 2.77. The average molecular weight is 526 g/mol. The van der Waals surface area contributed by atoms with Crippen molar-refractivity contribution >= 4 is 60.2 Å². The predicted molar refractivity (Wildman–Crippen MR) is 126 cm³/mol. The van der Waals surface area contributed by atoms with Gasteiger partial charge in [0.1, 0.15) is 10.6 Å². The van der Waals surface area contributed by atoms with E-state index in [2.05, 4.69) is 10.3 Å². The van der Waals surface area contributed by atoms with E-state index in [1.54, 1.807) is 25.3 Å². The fraction of sp³-hybridized carbons (Fsp3) is 0.286. The Kier molecular flexibility index (Phi) is 7.33. The molecule has 180 valence electrons. The molecule has 1 aromatic heterocycles. The summed E-state index contributed by atoms with van der Waals surface area (Å²) in [6.07, 6.45) is 0. The quantitative estimate of drug-likeness (QED) is 0.467. The topological polar surface area (TPSA) is 124 Å². The van der Waals surface area contributed by atoms with Gasteiger partial charge in [0.15, 0.2) is 11.7 Å². The molecule has 1 fully saturated rings. The van der Waals surface area contributed by atoms with Gasteiger partial charge in [0.05, 0.1) is 41.1 Å². The first-order chi connectivity index (χ1) is 16.3. The standard InChI is InChI=1S/C21H20ClN3O7S2/c1-30-14-3-5-16-17(11-14)33-21(23-16)24-19(26)12-32-20(27)13-2-4-15(22)18(10-13)34(28,29)25-6-8-31-9-7-25/h2-5,10-11H,6-9,12H2,1H3,(H,23,24,26). The molecule has 0 radical (unpaired) electrons. The van der Waals surface area contributed by atoms with Gasteiger partial charge in [-0.05, 0) is 36.4 Å². The number of benzene rings is 2. The number of amides is 1. The molecule has 1 aliphatic rings. The summed E-state index contributed by atoms with van der Waals surface area (Å²) in [7, 11) is -2.36. The van der Waals surface area contributed by atoms with E-state index in [0.29, 0.717) is 16.4 Å². The van der Waals surface area contributed by atoms with Crippen LogP contribution in [-0.2, 0) is 24.3 Å². The number of hydrogen-bond acceptors (Lipinski definition) is 9. The number of thiazole rings is 1. The van der Waals surface area contributed by atoms with E-state index >= 15 is 0 Å². The molecule has 0 aliphatic carbocycles. The number of sulfonamides is 1. The van der Waals surface area contributed by atoms with E-state index in [9.17, 15) is 18.0 Å². The Balaban J connectivity index is 1.41. The van der Waals surface area contributed by atoms with Crippen LogP contribution in [0, 0.1) is 0 Å². The van der Waals surface area contributed by atoms with Gasteiger partial charge in [-0.2, -0.15) is 4.31 Å².